The Kier molecular flexibility index (Phi) is 3.55. The number of aryl methyl sites for hydroxylation is 1. The zero-order chi connectivity index (χ0) is 14.3. The molecule has 0 saturated carbocycles. The zero-order valence-corrected chi connectivity index (χ0v) is 10.4. The molecular formula is C13H14F5N. The Hall–Kier alpha value is -1.17. The third-order valence-electron chi connectivity index (χ3n) is 3.12. The van der Waals surface area contributed by atoms with Crippen molar-refractivity contribution < 1.29 is 22.0 Å². The van der Waals surface area contributed by atoms with E-state index in [-0.39, 0.29) is 26.1 Å². The second-order valence-electron chi connectivity index (χ2n) is 5.02. The van der Waals surface area contributed by atoms with E-state index in [0.29, 0.717) is 11.1 Å². The first kappa shape index (κ1) is 14.2. The summed E-state index contributed by atoms with van der Waals surface area (Å²) in [6, 6.07) is 3.69. The van der Waals surface area contributed by atoms with E-state index in [1.807, 2.05) is 0 Å². The van der Waals surface area contributed by atoms with Gasteiger partial charge in [0.15, 0.2) is 0 Å². The first-order valence-corrected chi connectivity index (χ1v) is 5.94. The summed E-state index contributed by atoms with van der Waals surface area (Å²) >= 11 is 0. The maximum atomic E-state index is 13.0. The molecule has 0 bridgehead atoms. The van der Waals surface area contributed by atoms with Crippen LogP contribution in [0.1, 0.15) is 23.1 Å². The fourth-order valence-electron chi connectivity index (χ4n) is 2.32. The largest absolute Gasteiger partial charge is 0.416 e. The number of likely N-dealkylation sites (tertiary alicyclic amines) is 1. The zero-order valence-electron chi connectivity index (χ0n) is 10.4. The van der Waals surface area contributed by atoms with Crippen molar-refractivity contribution in [2.45, 2.75) is 32.0 Å². The summed E-state index contributed by atoms with van der Waals surface area (Å²) in [5.74, 6) is -2.73. The predicted molar refractivity (Wildman–Crippen MR) is 61.0 cm³/mol. The van der Waals surface area contributed by atoms with Crippen LogP contribution < -0.4 is 0 Å². The van der Waals surface area contributed by atoms with Gasteiger partial charge in [0.05, 0.1) is 12.1 Å². The van der Waals surface area contributed by atoms with Crippen LogP contribution in [0, 0.1) is 6.92 Å². The van der Waals surface area contributed by atoms with E-state index < -0.39 is 17.7 Å². The van der Waals surface area contributed by atoms with Gasteiger partial charge in [0.1, 0.15) is 0 Å². The Morgan fingerprint density at radius 3 is 2.42 bits per heavy atom. The molecule has 1 aliphatic rings. The Balaban J connectivity index is 2.15. The molecule has 1 aromatic carbocycles. The fraction of sp³-hybridized carbons (Fsp3) is 0.538. The van der Waals surface area contributed by atoms with Crippen LogP contribution in [-0.2, 0) is 12.7 Å². The second kappa shape index (κ2) is 4.74. The van der Waals surface area contributed by atoms with Gasteiger partial charge in [-0.2, -0.15) is 13.2 Å². The minimum Gasteiger partial charge on any atom is -0.293 e. The normalized spacial score (nSPS) is 19.9. The van der Waals surface area contributed by atoms with Crippen molar-refractivity contribution in [3.8, 4) is 0 Å². The summed E-state index contributed by atoms with van der Waals surface area (Å²) in [5.41, 5.74) is 0.175. The number of hydrogen-bond acceptors (Lipinski definition) is 1. The van der Waals surface area contributed by atoms with Crippen molar-refractivity contribution in [1.29, 1.82) is 0 Å². The van der Waals surface area contributed by atoms with Crippen molar-refractivity contribution in [3.05, 3.63) is 34.9 Å². The molecule has 6 heteroatoms. The monoisotopic (exact) mass is 279 g/mol. The molecule has 0 unspecified atom stereocenters. The molecule has 1 aliphatic heterocycles. The predicted octanol–water partition coefficient (Wildman–Crippen LogP) is 3.85. The molecule has 2 rings (SSSR count). The van der Waals surface area contributed by atoms with Crippen molar-refractivity contribution >= 4 is 0 Å². The molecule has 1 heterocycles. The van der Waals surface area contributed by atoms with Crippen LogP contribution in [0.5, 0.6) is 0 Å². The molecule has 106 valence electrons. The van der Waals surface area contributed by atoms with Crippen LogP contribution in [0.15, 0.2) is 18.2 Å². The summed E-state index contributed by atoms with van der Waals surface area (Å²) < 4.78 is 64.0. The minimum absolute atomic E-state index is 0.125. The van der Waals surface area contributed by atoms with Gasteiger partial charge < -0.3 is 0 Å². The van der Waals surface area contributed by atoms with Gasteiger partial charge in [-0.1, -0.05) is 11.6 Å². The quantitative estimate of drug-likeness (QED) is 0.743. The van der Waals surface area contributed by atoms with E-state index >= 15 is 0 Å². The van der Waals surface area contributed by atoms with E-state index in [2.05, 4.69) is 0 Å². The maximum Gasteiger partial charge on any atom is 0.416 e. The third kappa shape index (κ3) is 3.65. The highest BCUT2D eigenvalue weighted by Gasteiger charge is 2.38. The molecule has 0 amide bonds. The van der Waals surface area contributed by atoms with Crippen molar-refractivity contribution in [3.63, 3.8) is 0 Å². The number of alkyl halides is 5. The Morgan fingerprint density at radius 2 is 1.89 bits per heavy atom. The molecule has 1 saturated heterocycles. The van der Waals surface area contributed by atoms with Crippen molar-refractivity contribution in [1.82, 2.24) is 4.90 Å². The molecule has 1 nitrogen and oxygen atoms in total. The SMILES string of the molecule is Cc1cc(CN2CCC(F)(F)C2)cc(C(F)(F)F)c1. The summed E-state index contributed by atoms with van der Waals surface area (Å²) in [5, 5.41) is 0. The van der Waals surface area contributed by atoms with Gasteiger partial charge in [0, 0.05) is 19.5 Å². The molecule has 1 aromatic rings. The lowest BCUT2D eigenvalue weighted by Gasteiger charge is -2.17. The Bertz CT molecular complexity index is 467. The Labute approximate surface area is 108 Å². The van der Waals surface area contributed by atoms with E-state index in [4.69, 9.17) is 0 Å². The summed E-state index contributed by atoms with van der Waals surface area (Å²) in [4.78, 5) is 1.48. The minimum atomic E-state index is -4.41. The molecule has 0 radical (unpaired) electrons. The number of halogens is 5. The van der Waals surface area contributed by atoms with Crippen molar-refractivity contribution in [2.75, 3.05) is 13.1 Å². The molecule has 0 spiro atoms. The van der Waals surface area contributed by atoms with Gasteiger partial charge >= 0.3 is 6.18 Å². The van der Waals surface area contributed by atoms with Gasteiger partial charge in [0.25, 0.3) is 5.92 Å². The van der Waals surface area contributed by atoms with Gasteiger partial charge in [-0.05, 0) is 24.6 Å². The number of nitrogens with zero attached hydrogens (tertiary/aromatic N) is 1. The summed E-state index contributed by atoms with van der Waals surface area (Å²) in [7, 11) is 0. The molecule has 0 N–H and O–H groups in total. The van der Waals surface area contributed by atoms with Gasteiger partial charge in [0.2, 0.25) is 0 Å². The number of hydrogen-bond donors (Lipinski definition) is 0. The highest BCUT2D eigenvalue weighted by molar-refractivity contribution is 5.31. The van der Waals surface area contributed by atoms with Crippen LogP contribution in [0.2, 0.25) is 0 Å². The standard InChI is InChI=1S/C13H14F5N/c1-9-4-10(6-11(5-9)13(16,17)18)7-19-3-2-12(14,15)8-19/h4-6H,2-3,7-8H2,1H3. The van der Waals surface area contributed by atoms with E-state index in [0.717, 1.165) is 12.1 Å². The molecule has 0 atom stereocenters. The molecule has 0 aromatic heterocycles. The van der Waals surface area contributed by atoms with E-state index in [9.17, 15) is 22.0 Å². The van der Waals surface area contributed by atoms with Crippen LogP contribution in [0.3, 0.4) is 0 Å². The third-order valence-corrected chi connectivity index (χ3v) is 3.12. The molecule has 0 aliphatic carbocycles. The molecular weight excluding hydrogens is 265 g/mol. The summed E-state index contributed by atoms with van der Waals surface area (Å²) in [6.45, 7) is 1.52. The van der Waals surface area contributed by atoms with Gasteiger partial charge in [-0.3, -0.25) is 4.90 Å². The lowest BCUT2D eigenvalue weighted by Crippen LogP contribution is -2.25. The van der Waals surface area contributed by atoms with Crippen LogP contribution >= 0.6 is 0 Å². The van der Waals surface area contributed by atoms with Crippen LogP contribution in [-0.4, -0.2) is 23.9 Å². The van der Waals surface area contributed by atoms with Crippen LogP contribution in [0.4, 0.5) is 22.0 Å². The fourth-order valence-corrected chi connectivity index (χ4v) is 2.32. The second-order valence-corrected chi connectivity index (χ2v) is 5.02. The van der Waals surface area contributed by atoms with Crippen molar-refractivity contribution in [2.24, 2.45) is 0 Å². The lowest BCUT2D eigenvalue weighted by molar-refractivity contribution is -0.137. The average molecular weight is 279 g/mol. The van der Waals surface area contributed by atoms with E-state index in [1.165, 1.54) is 4.90 Å². The smallest absolute Gasteiger partial charge is 0.293 e. The van der Waals surface area contributed by atoms with E-state index in [1.54, 1.807) is 13.0 Å². The first-order chi connectivity index (χ1) is 8.66. The first-order valence-electron chi connectivity index (χ1n) is 5.94. The molecule has 1 fully saturated rings. The Morgan fingerprint density at radius 1 is 1.21 bits per heavy atom. The highest BCUT2D eigenvalue weighted by Crippen LogP contribution is 2.32. The van der Waals surface area contributed by atoms with Crippen LogP contribution in [0.25, 0.3) is 0 Å². The summed E-state index contributed by atoms with van der Waals surface area (Å²) in [6.07, 6.45) is -4.64. The van der Waals surface area contributed by atoms with Gasteiger partial charge in [-0.25, -0.2) is 8.78 Å². The molecule has 19 heavy (non-hydrogen) atoms. The maximum absolute atomic E-state index is 13.0. The number of rotatable bonds is 2. The highest BCUT2D eigenvalue weighted by atomic mass is 19.4. The topological polar surface area (TPSA) is 3.24 Å². The average Bonchev–Trinajstić information content (AvgIpc) is 2.55. The number of benzene rings is 1. The lowest BCUT2D eigenvalue weighted by atomic mass is 10.1. The van der Waals surface area contributed by atoms with Gasteiger partial charge in [-0.15, -0.1) is 0 Å².